The first-order valence-corrected chi connectivity index (χ1v) is 13.8. The normalized spacial score (nSPS) is 18.6. The Labute approximate surface area is 235 Å². The third-order valence-electron chi connectivity index (χ3n) is 7.61. The summed E-state index contributed by atoms with van der Waals surface area (Å²) >= 11 is 0. The maximum Gasteiger partial charge on any atom is 0.336 e. The van der Waals surface area contributed by atoms with Crippen molar-refractivity contribution in [3.8, 4) is 11.5 Å². The van der Waals surface area contributed by atoms with Crippen molar-refractivity contribution in [2.24, 2.45) is 0 Å². The minimum Gasteiger partial charge on any atom is -0.493 e. The van der Waals surface area contributed by atoms with Crippen molar-refractivity contribution in [3.63, 3.8) is 0 Å². The smallest absolute Gasteiger partial charge is 0.336 e. The summed E-state index contributed by atoms with van der Waals surface area (Å²) in [7, 11) is 1.59. The fourth-order valence-corrected chi connectivity index (χ4v) is 5.73. The van der Waals surface area contributed by atoms with Gasteiger partial charge in [0.1, 0.15) is 0 Å². The SMILES string of the molecule is CCOc1ccc([C@H]2C(C(=O)OCCc3ccccc3)=C(C)NC3=C2C(=O)C[C@H](c2ccccc2)C3)cc1OC. The summed E-state index contributed by atoms with van der Waals surface area (Å²) < 4.78 is 17.2. The van der Waals surface area contributed by atoms with Gasteiger partial charge in [-0.05, 0) is 55.0 Å². The van der Waals surface area contributed by atoms with Crippen molar-refractivity contribution in [1.29, 1.82) is 0 Å². The number of hydrogen-bond donors (Lipinski definition) is 1. The summed E-state index contributed by atoms with van der Waals surface area (Å²) in [5, 5.41) is 3.43. The van der Waals surface area contributed by atoms with E-state index in [9.17, 15) is 9.59 Å². The van der Waals surface area contributed by atoms with Gasteiger partial charge in [0.05, 0.1) is 25.9 Å². The zero-order chi connectivity index (χ0) is 28.1. The molecule has 0 spiro atoms. The Morgan fingerprint density at radius 3 is 2.35 bits per heavy atom. The second kappa shape index (κ2) is 12.2. The predicted molar refractivity (Wildman–Crippen MR) is 154 cm³/mol. The van der Waals surface area contributed by atoms with E-state index in [4.69, 9.17) is 14.2 Å². The van der Waals surface area contributed by atoms with Gasteiger partial charge in [0.25, 0.3) is 0 Å². The van der Waals surface area contributed by atoms with Gasteiger partial charge in [-0.3, -0.25) is 4.79 Å². The van der Waals surface area contributed by atoms with Crippen LogP contribution >= 0.6 is 0 Å². The number of benzene rings is 3. The Hall–Kier alpha value is -4.32. The first-order chi connectivity index (χ1) is 19.5. The number of dihydropyridines is 1. The first-order valence-electron chi connectivity index (χ1n) is 13.8. The summed E-state index contributed by atoms with van der Waals surface area (Å²) in [6, 6.07) is 25.7. The lowest BCUT2D eigenvalue weighted by Gasteiger charge is -2.37. The average molecular weight is 538 g/mol. The molecule has 0 amide bonds. The highest BCUT2D eigenvalue weighted by Gasteiger charge is 2.41. The van der Waals surface area contributed by atoms with Gasteiger partial charge in [-0.15, -0.1) is 0 Å². The lowest BCUT2D eigenvalue weighted by atomic mass is 9.71. The number of hydrogen-bond acceptors (Lipinski definition) is 6. The van der Waals surface area contributed by atoms with Crippen LogP contribution in [0.3, 0.4) is 0 Å². The van der Waals surface area contributed by atoms with Crippen LogP contribution in [0.4, 0.5) is 0 Å². The van der Waals surface area contributed by atoms with Crippen molar-refractivity contribution >= 4 is 11.8 Å². The van der Waals surface area contributed by atoms with Gasteiger partial charge in [-0.2, -0.15) is 0 Å². The Balaban J connectivity index is 1.51. The van der Waals surface area contributed by atoms with Crippen molar-refractivity contribution in [2.45, 2.75) is 44.9 Å². The Morgan fingerprint density at radius 2 is 1.65 bits per heavy atom. The zero-order valence-corrected chi connectivity index (χ0v) is 23.2. The largest absolute Gasteiger partial charge is 0.493 e. The van der Waals surface area contributed by atoms with E-state index in [1.165, 1.54) is 0 Å². The number of allylic oxidation sites excluding steroid dienone is 3. The standard InChI is InChI=1S/C34H35NO5/c1-4-39-29-16-15-25(21-30(29)38-3)32-31(34(37)40-18-17-23-11-7-5-8-12-23)22(2)35-27-19-26(20-28(36)33(27)32)24-13-9-6-10-14-24/h5-16,21,26,32,35H,4,17-20H2,1-3H3/t26-,32+/m1/s1. The number of carbonyl (C=O) groups is 2. The number of nitrogens with one attached hydrogen (secondary N) is 1. The van der Waals surface area contributed by atoms with Gasteiger partial charge in [-0.25, -0.2) is 4.79 Å². The van der Waals surface area contributed by atoms with Gasteiger partial charge in [0.2, 0.25) is 0 Å². The molecule has 2 atom stereocenters. The molecule has 40 heavy (non-hydrogen) atoms. The number of rotatable bonds is 9. The fraction of sp³-hybridized carbons (Fsp3) is 0.294. The Morgan fingerprint density at radius 1 is 0.925 bits per heavy atom. The molecule has 1 aliphatic heterocycles. The van der Waals surface area contributed by atoms with E-state index in [0.29, 0.717) is 54.2 Å². The van der Waals surface area contributed by atoms with E-state index in [2.05, 4.69) is 17.4 Å². The lowest BCUT2D eigenvalue weighted by molar-refractivity contribution is -0.139. The molecule has 2 aliphatic rings. The van der Waals surface area contributed by atoms with E-state index in [-0.39, 0.29) is 18.3 Å². The first kappa shape index (κ1) is 27.3. The second-order valence-corrected chi connectivity index (χ2v) is 10.1. The predicted octanol–water partition coefficient (Wildman–Crippen LogP) is 6.24. The van der Waals surface area contributed by atoms with Crippen LogP contribution in [0.5, 0.6) is 11.5 Å². The minimum absolute atomic E-state index is 0.0301. The molecule has 1 N–H and O–H groups in total. The van der Waals surface area contributed by atoms with Crippen LogP contribution in [0.1, 0.15) is 55.2 Å². The average Bonchev–Trinajstić information content (AvgIpc) is 2.97. The molecule has 1 aliphatic carbocycles. The van der Waals surface area contributed by atoms with Gasteiger partial charge in [0, 0.05) is 35.7 Å². The van der Waals surface area contributed by atoms with E-state index in [1.807, 2.05) is 80.6 Å². The minimum atomic E-state index is -0.575. The molecule has 6 nitrogen and oxygen atoms in total. The molecule has 0 radical (unpaired) electrons. The van der Waals surface area contributed by atoms with E-state index < -0.39 is 11.9 Å². The summed E-state index contributed by atoms with van der Waals surface area (Å²) in [6.07, 6.45) is 1.67. The maximum atomic E-state index is 13.9. The van der Waals surface area contributed by atoms with E-state index >= 15 is 0 Å². The highest BCUT2D eigenvalue weighted by atomic mass is 16.5. The van der Waals surface area contributed by atoms with Crippen LogP contribution in [-0.4, -0.2) is 32.1 Å². The second-order valence-electron chi connectivity index (χ2n) is 10.1. The molecule has 6 heteroatoms. The fourth-order valence-electron chi connectivity index (χ4n) is 5.73. The third kappa shape index (κ3) is 5.67. The number of carbonyl (C=O) groups excluding carboxylic acids is 2. The molecular formula is C34H35NO5. The zero-order valence-electron chi connectivity index (χ0n) is 23.2. The summed E-state index contributed by atoms with van der Waals surface area (Å²) in [4.78, 5) is 27.5. The summed E-state index contributed by atoms with van der Waals surface area (Å²) in [5.74, 6) is 0.270. The Kier molecular flexibility index (Phi) is 8.34. The molecule has 0 fully saturated rings. The van der Waals surface area contributed by atoms with Gasteiger partial charge in [0.15, 0.2) is 17.3 Å². The van der Waals surface area contributed by atoms with Crippen molar-refractivity contribution < 1.29 is 23.8 Å². The van der Waals surface area contributed by atoms with Crippen LogP contribution in [0, 0.1) is 0 Å². The van der Waals surface area contributed by atoms with Crippen LogP contribution < -0.4 is 14.8 Å². The van der Waals surface area contributed by atoms with Crippen LogP contribution in [0.25, 0.3) is 0 Å². The molecule has 0 saturated heterocycles. The van der Waals surface area contributed by atoms with Gasteiger partial charge >= 0.3 is 5.97 Å². The molecular weight excluding hydrogens is 502 g/mol. The number of Topliss-reactive ketones (excluding diaryl/α,β-unsaturated/α-hetero) is 1. The molecule has 5 rings (SSSR count). The molecule has 1 heterocycles. The summed E-state index contributed by atoms with van der Waals surface area (Å²) in [5.41, 5.74) is 5.65. The van der Waals surface area contributed by atoms with E-state index in [0.717, 1.165) is 22.4 Å². The molecule has 0 aromatic heterocycles. The monoisotopic (exact) mass is 537 g/mol. The summed E-state index contributed by atoms with van der Waals surface area (Å²) in [6.45, 7) is 4.54. The van der Waals surface area contributed by atoms with Gasteiger partial charge < -0.3 is 19.5 Å². The van der Waals surface area contributed by atoms with Crippen LogP contribution in [0.15, 0.2) is 101 Å². The number of esters is 1. The molecule has 3 aromatic carbocycles. The maximum absolute atomic E-state index is 13.9. The molecule has 0 unspecified atom stereocenters. The number of methoxy groups -OCH3 is 1. The number of ketones is 1. The van der Waals surface area contributed by atoms with Crippen molar-refractivity contribution in [3.05, 3.63) is 118 Å². The molecule has 0 bridgehead atoms. The highest BCUT2D eigenvalue weighted by molar-refractivity contribution is 6.04. The van der Waals surface area contributed by atoms with Crippen molar-refractivity contribution in [2.75, 3.05) is 20.3 Å². The highest BCUT2D eigenvalue weighted by Crippen LogP contribution is 2.47. The molecule has 3 aromatic rings. The number of ether oxygens (including phenoxy) is 3. The quantitative estimate of drug-likeness (QED) is 0.326. The van der Waals surface area contributed by atoms with Crippen LogP contribution in [0.2, 0.25) is 0 Å². The molecule has 0 saturated carbocycles. The third-order valence-corrected chi connectivity index (χ3v) is 7.61. The topological polar surface area (TPSA) is 73.9 Å². The van der Waals surface area contributed by atoms with E-state index in [1.54, 1.807) is 7.11 Å². The van der Waals surface area contributed by atoms with Crippen molar-refractivity contribution in [1.82, 2.24) is 5.32 Å². The lowest BCUT2D eigenvalue weighted by Crippen LogP contribution is -2.36. The van der Waals surface area contributed by atoms with Gasteiger partial charge in [-0.1, -0.05) is 66.7 Å². The molecule has 206 valence electrons. The Bertz CT molecular complexity index is 1440. The van der Waals surface area contributed by atoms with Crippen LogP contribution in [-0.2, 0) is 20.7 Å².